The number of hydrogen-bond donors (Lipinski definition) is 2. The molecule has 4 aliphatic carbocycles. The molecule has 1 saturated heterocycles. The lowest BCUT2D eigenvalue weighted by Crippen LogP contribution is -2.53. The van der Waals surface area contributed by atoms with Crippen LogP contribution in [0.25, 0.3) is 0 Å². The minimum Gasteiger partial charge on any atom is -0.515 e. The fourth-order valence-electron chi connectivity index (χ4n) is 7.41. The lowest BCUT2D eigenvalue weighted by Gasteiger charge is -2.57. The van der Waals surface area contributed by atoms with Gasteiger partial charge in [0.2, 0.25) is 0 Å². The van der Waals surface area contributed by atoms with Crippen LogP contribution in [0.4, 0.5) is 0 Å². The number of fused-ring (bicyclic) bond motifs is 6. The van der Waals surface area contributed by atoms with Gasteiger partial charge in [0.05, 0.1) is 18.1 Å². The van der Waals surface area contributed by atoms with Crippen molar-refractivity contribution in [1.29, 1.82) is 0 Å². The van der Waals surface area contributed by atoms with E-state index in [1.165, 1.54) is 0 Å². The minimum atomic E-state index is -0.516. The van der Waals surface area contributed by atoms with Crippen molar-refractivity contribution >= 4 is 11.8 Å². The summed E-state index contributed by atoms with van der Waals surface area (Å²) in [5.41, 5.74) is 1.14. The first-order chi connectivity index (χ1) is 13.8. The molecule has 2 saturated carbocycles. The number of hydrogen-bond acceptors (Lipinski definition) is 5. The Hall–Kier alpha value is -2.30. The molecule has 5 nitrogen and oxygen atoms in total. The van der Waals surface area contributed by atoms with Crippen molar-refractivity contribution in [3.8, 4) is 0 Å². The van der Waals surface area contributed by atoms with Gasteiger partial charge in [-0.25, -0.2) is 4.79 Å². The van der Waals surface area contributed by atoms with Gasteiger partial charge in [-0.2, -0.15) is 0 Å². The summed E-state index contributed by atoms with van der Waals surface area (Å²) in [6.07, 6.45) is 12.8. The summed E-state index contributed by atoms with van der Waals surface area (Å²) in [4.78, 5) is 24.5. The van der Waals surface area contributed by atoms with E-state index in [4.69, 9.17) is 4.74 Å². The van der Waals surface area contributed by atoms with Crippen molar-refractivity contribution in [2.45, 2.75) is 58.0 Å². The molecule has 5 rings (SSSR count). The maximum Gasteiger partial charge on any atom is 0.337 e. The Morgan fingerprint density at radius 1 is 1.03 bits per heavy atom. The van der Waals surface area contributed by atoms with Crippen LogP contribution in [0.1, 0.15) is 52.4 Å². The third-order valence-corrected chi connectivity index (χ3v) is 9.10. The molecule has 2 N–H and O–H groups in total. The van der Waals surface area contributed by atoms with E-state index in [1.54, 1.807) is 6.08 Å². The molecule has 5 aliphatic rings. The largest absolute Gasteiger partial charge is 0.515 e. The van der Waals surface area contributed by atoms with Gasteiger partial charge in [-0.3, -0.25) is 4.79 Å². The van der Waals surface area contributed by atoms with Gasteiger partial charge in [0.15, 0.2) is 5.78 Å². The Kier molecular flexibility index (Phi) is 3.78. The highest BCUT2D eigenvalue weighted by molar-refractivity contribution is 6.06. The van der Waals surface area contributed by atoms with Crippen LogP contribution in [0.2, 0.25) is 0 Å². The molecule has 1 spiro atoms. The molecule has 5 heteroatoms. The van der Waals surface area contributed by atoms with Crippen LogP contribution in [-0.2, 0) is 14.3 Å². The summed E-state index contributed by atoms with van der Waals surface area (Å²) in [5.74, 6) is 0.659. The van der Waals surface area contributed by atoms with Gasteiger partial charge in [0.1, 0.15) is 5.60 Å². The first-order valence-corrected chi connectivity index (χ1v) is 10.6. The number of carbonyl (C=O) groups is 2. The Labute approximate surface area is 170 Å². The molecule has 0 aromatic carbocycles. The fraction of sp³-hybridized carbons (Fsp3) is 0.583. The second-order valence-electron chi connectivity index (χ2n) is 10.1. The number of aliphatic hydroxyl groups is 2. The number of aliphatic hydroxyl groups excluding tert-OH is 2. The average Bonchev–Trinajstić information content (AvgIpc) is 3.18. The smallest absolute Gasteiger partial charge is 0.337 e. The summed E-state index contributed by atoms with van der Waals surface area (Å²) < 4.78 is 5.96. The van der Waals surface area contributed by atoms with E-state index in [2.05, 4.69) is 26.0 Å². The quantitative estimate of drug-likeness (QED) is 0.358. The number of ketones is 1. The van der Waals surface area contributed by atoms with E-state index in [1.807, 2.05) is 0 Å². The summed E-state index contributed by atoms with van der Waals surface area (Å²) in [6, 6.07) is 0. The van der Waals surface area contributed by atoms with Crippen LogP contribution in [0, 0.1) is 28.6 Å². The molecule has 0 bridgehead atoms. The molecule has 3 fully saturated rings. The van der Waals surface area contributed by atoms with Crippen molar-refractivity contribution in [1.82, 2.24) is 0 Å². The molecule has 154 valence electrons. The number of carbonyl (C=O) groups excluding carboxylic acids is 2. The highest BCUT2D eigenvalue weighted by Gasteiger charge is 2.67. The van der Waals surface area contributed by atoms with Gasteiger partial charge in [0.25, 0.3) is 0 Å². The van der Waals surface area contributed by atoms with Crippen molar-refractivity contribution in [2.75, 3.05) is 0 Å². The summed E-state index contributed by atoms with van der Waals surface area (Å²) in [5, 5.41) is 19.0. The summed E-state index contributed by atoms with van der Waals surface area (Å²) in [6.45, 7) is 4.49. The molecular weight excluding hydrogens is 368 g/mol. The molecule has 1 aliphatic heterocycles. The van der Waals surface area contributed by atoms with Crippen LogP contribution >= 0.6 is 0 Å². The zero-order valence-corrected chi connectivity index (χ0v) is 17.0. The van der Waals surface area contributed by atoms with Gasteiger partial charge >= 0.3 is 5.97 Å². The Morgan fingerprint density at radius 2 is 1.76 bits per heavy atom. The number of esters is 1. The van der Waals surface area contributed by atoms with Crippen molar-refractivity contribution in [3.05, 3.63) is 47.5 Å². The third-order valence-electron chi connectivity index (χ3n) is 9.10. The molecule has 0 aromatic rings. The fourth-order valence-corrected chi connectivity index (χ4v) is 7.41. The minimum absolute atomic E-state index is 0.0928. The predicted molar refractivity (Wildman–Crippen MR) is 107 cm³/mol. The molecule has 0 aromatic heterocycles. The maximum absolute atomic E-state index is 12.3. The average molecular weight is 396 g/mol. The Bertz CT molecular complexity index is 924. The van der Waals surface area contributed by atoms with Crippen molar-refractivity contribution in [3.63, 3.8) is 0 Å². The first-order valence-electron chi connectivity index (χ1n) is 10.6. The number of rotatable bonds is 0. The Balaban J connectivity index is 1.53. The molecule has 0 amide bonds. The van der Waals surface area contributed by atoms with Gasteiger partial charge < -0.3 is 14.9 Å². The molecule has 0 unspecified atom stereocenters. The second kappa shape index (κ2) is 5.87. The lowest BCUT2D eigenvalue weighted by atomic mass is 9.47. The summed E-state index contributed by atoms with van der Waals surface area (Å²) >= 11 is 0. The van der Waals surface area contributed by atoms with E-state index in [9.17, 15) is 19.8 Å². The molecule has 29 heavy (non-hydrogen) atoms. The topological polar surface area (TPSA) is 83.8 Å². The van der Waals surface area contributed by atoms with Crippen LogP contribution in [0.15, 0.2) is 47.5 Å². The van der Waals surface area contributed by atoms with E-state index in [0.29, 0.717) is 41.7 Å². The number of allylic oxidation sites excluding steroid dienone is 5. The maximum atomic E-state index is 12.3. The SMILES string of the molecule is C[C@]12C/C(=C/O)C(=O)C=C1C=C[C@@H]1[C@@H]2CC[C@@]2(C)[C@H]1CC[C@@]21C/C(=C/O)C(=O)O1. The lowest BCUT2D eigenvalue weighted by molar-refractivity contribution is -0.164. The van der Waals surface area contributed by atoms with Gasteiger partial charge in [0, 0.05) is 22.8 Å². The van der Waals surface area contributed by atoms with Crippen LogP contribution in [-0.4, -0.2) is 27.6 Å². The molecule has 6 atom stereocenters. The monoisotopic (exact) mass is 396 g/mol. The molecule has 0 radical (unpaired) electrons. The number of ether oxygens (including phenoxy) is 1. The van der Waals surface area contributed by atoms with E-state index < -0.39 is 5.60 Å². The van der Waals surface area contributed by atoms with Gasteiger partial charge in [-0.15, -0.1) is 0 Å². The van der Waals surface area contributed by atoms with E-state index in [0.717, 1.165) is 43.8 Å². The van der Waals surface area contributed by atoms with Crippen LogP contribution in [0.5, 0.6) is 0 Å². The zero-order valence-electron chi connectivity index (χ0n) is 17.0. The van der Waals surface area contributed by atoms with E-state index in [-0.39, 0.29) is 22.6 Å². The van der Waals surface area contributed by atoms with Crippen molar-refractivity contribution in [2.24, 2.45) is 28.6 Å². The molecular formula is C24H28O5. The zero-order chi connectivity index (χ0) is 20.6. The van der Waals surface area contributed by atoms with Crippen molar-refractivity contribution < 1.29 is 24.5 Å². The second-order valence-corrected chi connectivity index (χ2v) is 10.1. The third kappa shape index (κ3) is 2.22. The van der Waals surface area contributed by atoms with Crippen LogP contribution in [0.3, 0.4) is 0 Å². The first kappa shape index (κ1) is 18.7. The van der Waals surface area contributed by atoms with Gasteiger partial charge in [-0.1, -0.05) is 26.0 Å². The highest BCUT2D eigenvalue weighted by atomic mass is 16.6. The Morgan fingerprint density at radius 3 is 2.45 bits per heavy atom. The van der Waals surface area contributed by atoms with E-state index >= 15 is 0 Å². The summed E-state index contributed by atoms with van der Waals surface area (Å²) in [7, 11) is 0. The standard InChI is InChI=1S/C24H28O5/c1-22-10-14(12-25)20(27)9-16(22)3-4-17-18(22)5-7-23(2)19(17)6-8-24(23)11-15(13-26)21(28)29-24/h3-4,9,12-13,17-19,25-26H,5-8,10-11H2,1-2H3/b14-12-,15-13-/t17-,18+,19+,22+,23+,24-/m1/s1. The van der Waals surface area contributed by atoms with Crippen LogP contribution < -0.4 is 0 Å². The molecule has 1 heterocycles. The highest BCUT2D eigenvalue weighted by Crippen LogP contribution is 2.69. The normalized spacial score (nSPS) is 48.5. The predicted octanol–water partition coefficient (Wildman–Crippen LogP) is 4.47. The van der Waals surface area contributed by atoms with Gasteiger partial charge in [-0.05, 0) is 61.5 Å².